The maximum Gasteiger partial charge on any atom is 0.264 e. The molecule has 2 heterocycles. The van der Waals surface area contributed by atoms with Crippen LogP contribution in [0.5, 0.6) is 5.75 Å². The van der Waals surface area contributed by atoms with E-state index in [-0.39, 0.29) is 5.91 Å². The van der Waals surface area contributed by atoms with Gasteiger partial charge in [0.25, 0.3) is 5.91 Å². The summed E-state index contributed by atoms with van der Waals surface area (Å²) < 4.78 is 7.26. The standard InChI is InChI=1S/C23H21N3O2S/c1-15-6-4-8-20(16(15)2)26-13-5-7-18(26)14-21-22(27)25-23(29-21)24-17-9-11-19(28-3)12-10-17/h4-14H,1-3H3,(H,24,25,27)/b21-14+. The highest BCUT2D eigenvalue weighted by Crippen LogP contribution is 2.30. The molecule has 4 rings (SSSR count). The summed E-state index contributed by atoms with van der Waals surface area (Å²) in [5, 5.41) is 3.40. The Balaban J connectivity index is 1.61. The Labute approximate surface area is 174 Å². The second kappa shape index (κ2) is 8.01. The van der Waals surface area contributed by atoms with Gasteiger partial charge in [-0.1, -0.05) is 12.1 Å². The maximum atomic E-state index is 12.5. The number of amidine groups is 1. The lowest BCUT2D eigenvalue weighted by Gasteiger charge is -2.12. The second-order valence-corrected chi connectivity index (χ2v) is 7.73. The SMILES string of the molecule is COc1ccc(N=C2NC(=O)/C(=C\c3cccn3-c3cccc(C)c3C)S2)cc1. The Bertz CT molecular complexity index is 1130. The van der Waals surface area contributed by atoms with Gasteiger partial charge in [0.15, 0.2) is 5.17 Å². The van der Waals surface area contributed by atoms with Gasteiger partial charge in [-0.2, -0.15) is 0 Å². The molecule has 1 saturated heterocycles. The highest BCUT2D eigenvalue weighted by Gasteiger charge is 2.24. The number of hydrogen-bond donors (Lipinski definition) is 1. The van der Waals surface area contributed by atoms with E-state index < -0.39 is 0 Å². The number of hydrogen-bond acceptors (Lipinski definition) is 4. The minimum absolute atomic E-state index is 0.143. The Morgan fingerprint density at radius 3 is 2.62 bits per heavy atom. The van der Waals surface area contributed by atoms with E-state index in [0.717, 1.165) is 22.8 Å². The van der Waals surface area contributed by atoms with Gasteiger partial charge in [0, 0.05) is 17.6 Å². The molecule has 1 aliphatic heterocycles. The van der Waals surface area contributed by atoms with Crippen LogP contribution in [0, 0.1) is 13.8 Å². The van der Waals surface area contributed by atoms with Gasteiger partial charge in [-0.25, -0.2) is 4.99 Å². The van der Waals surface area contributed by atoms with Crippen molar-refractivity contribution in [2.45, 2.75) is 13.8 Å². The second-order valence-electron chi connectivity index (χ2n) is 6.70. The van der Waals surface area contributed by atoms with Gasteiger partial charge in [-0.3, -0.25) is 4.79 Å². The molecule has 3 aromatic rings. The zero-order valence-electron chi connectivity index (χ0n) is 16.5. The van der Waals surface area contributed by atoms with Crippen molar-refractivity contribution in [2.75, 3.05) is 7.11 Å². The van der Waals surface area contributed by atoms with Crippen molar-refractivity contribution < 1.29 is 9.53 Å². The van der Waals surface area contributed by atoms with Crippen LogP contribution in [0.2, 0.25) is 0 Å². The molecule has 0 saturated carbocycles. The average Bonchev–Trinajstić information content (AvgIpc) is 3.31. The van der Waals surface area contributed by atoms with E-state index in [0.29, 0.717) is 10.1 Å². The molecule has 2 aromatic carbocycles. The van der Waals surface area contributed by atoms with Crippen LogP contribution in [0.15, 0.2) is 70.7 Å². The summed E-state index contributed by atoms with van der Waals surface area (Å²) in [6.45, 7) is 4.21. The molecule has 1 N–H and O–H groups in total. The Morgan fingerprint density at radius 1 is 1.07 bits per heavy atom. The van der Waals surface area contributed by atoms with Crippen molar-refractivity contribution >= 4 is 34.6 Å². The minimum atomic E-state index is -0.143. The summed E-state index contributed by atoms with van der Waals surface area (Å²) >= 11 is 1.34. The number of amides is 1. The zero-order chi connectivity index (χ0) is 20.4. The fourth-order valence-corrected chi connectivity index (χ4v) is 3.94. The van der Waals surface area contributed by atoms with Crippen LogP contribution >= 0.6 is 11.8 Å². The number of ether oxygens (including phenoxy) is 1. The molecule has 0 bridgehead atoms. The largest absolute Gasteiger partial charge is 0.497 e. The van der Waals surface area contributed by atoms with Crippen LogP contribution in [0.25, 0.3) is 11.8 Å². The number of carbonyl (C=O) groups is 1. The molecule has 0 unspecified atom stereocenters. The third kappa shape index (κ3) is 3.98. The van der Waals surface area contributed by atoms with Crippen molar-refractivity contribution in [3.05, 3.63) is 82.5 Å². The molecule has 5 nitrogen and oxygen atoms in total. The normalized spacial score (nSPS) is 16.4. The summed E-state index contributed by atoms with van der Waals surface area (Å²) in [5.41, 5.74) is 5.26. The van der Waals surface area contributed by atoms with E-state index in [4.69, 9.17) is 4.74 Å². The van der Waals surface area contributed by atoms with Gasteiger partial charge < -0.3 is 14.6 Å². The van der Waals surface area contributed by atoms with Crippen LogP contribution in [0.1, 0.15) is 16.8 Å². The van der Waals surface area contributed by atoms with Gasteiger partial charge in [-0.05, 0) is 85.3 Å². The van der Waals surface area contributed by atoms with E-state index in [1.807, 2.05) is 54.7 Å². The number of methoxy groups -OCH3 is 1. The lowest BCUT2D eigenvalue weighted by molar-refractivity contribution is -0.115. The van der Waals surface area contributed by atoms with E-state index in [1.165, 1.54) is 22.9 Å². The summed E-state index contributed by atoms with van der Waals surface area (Å²) in [6, 6.07) is 17.6. The number of aliphatic imine (C=N–C) groups is 1. The van der Waals surface area contributed by atoms with Crippen molar-refractivity contribution in [1.82, 2.24) is 9.88 Å². The van der Waals surface area contributed by atoms with E-state index >= 15 is 0 Å². The molecule has 1 fully saturated rings. The number of nitrogens with zero attached hydrogens (tertiary/aromatic N) is 2. The zero-order valence-corrected chi connectivity index (χ0v) is 17.3. The number of aromatic nitrogens is 1. The molecule has 0 atom stereocenters. The topological polar surface area (TPSA) is 55.6 Å². The monoisotopic (exact) mass is 403 g/mol. The van der Waals surface area contributed by atoms with Crippen molar-refractivity contribution in [2.24, 2.45) is 4.99 Å². The maximum absolute atomic E-state index is 12.5. The van der Waals surface area contributed by atoms with Crippen LogP contribution in [-0.2, 0) is 4.79 Å². The highest BCUT2D eigenvalue weighted by atomic mass is 32.2. The van der Waals surface area contributed by atoms with Crippen LogP contribution < -0.4 is 10.1 Å². The Morgan fingerprint density at radius 2 is 1.86 bits per heavy atom. The summed E-state index contributed by atoms with van der Waals surface area (Å²) in [7, 11) is 1.62. The lowest BCUT2D eigenvalue weighted by atomic mass is 10.1. The van der Waals surface area contributed by atoms with E-state index in [2.05, 4.69) is 40.9 Å². The molecule has 6 heteroatoms. The molecular formula is C23H21N3O2S. The highest BCUT2D eigenvalue weighted by molar-refractivity contribution is 8.18. The van der Waals surface area contributed by atoms with Gasteiger partial charge in [-0.15, -0.1) is 0 Å². The van der Waals surface area contributed by atoms with Crippen LogP contribution in [-0.4, -0.2) is 22.8 Å². The van der Waals surface area contributed by atoms with Gasteiger partial charge >= 0.3 is 0 Å². The number of aryl methyl sites for hydroxylation is 1. The molecule has 1 aliphatic rings. The molecular weight excluding hydrogens is 382 g/mol. The first-order chi connectivity index (χ1) is 14.0. The Kier molecular flexibility index (Phi) is 5.27. The van der Waals surface area contributed by atoms with Gasteiger partial charge in [0.1, 0.15) is 5.75 Å². The molecule has 29 heavy (non-hydrogen) atoms. The molecule has 1 amide bonds. The van der Waals surface area contributed by atoms with Crippen molar-refractivity contribution in [3.8, 4) is 11.4 Å². The molecule has 0 spiro atoms. The summed E-state index contributed by atoms with van der Waals surface area (Å²) in [6.07, 6.45) is 3.91. The first-order valence-electron chi connectivity index (χ1n) is 9.23. The number of rotatable bonds is 4. The fraction of sp³-hybridized carbons (Fsp3) is 0.130. The van der Waals surface area contributed by atoms with E-state index in [9.17, 15) is 4.79 Å². The number of benzene rings is 2. The van der Waals surface area contributed by atoms with Crippen LogP contribution in [0.4, 0.5) is 5.69 Å². The number of carbonyl (C=O) groups excluding carboxylic acids is 1. The molecule has 0 aliphatic carbocycles. The van der Waals surface area contributed by atoms with E-state index in [1.54, 1.807) is 7.11 Å². The lowest BCUT2D eigenvalue weighted by Crippen LogP contribution is -2.19. The van der Waals surface area contributed by atoms with Gasteiger partial charge in [0.05, 0.1) is 17.7 Å². The quantitative estimate of drug-likeness (QED) is 0.624. The van der Waals surface area contributed by atoms with Crippen molar-refractivity contribution in [1.29, 1.82) is 0 Å². The molecule has 146 valence electrons. The fourth-order valence-electron chi connectivity index (χ4n) is 3.12. The number of nitrogens with one attached hydrogen (secondary N) is 1. The first kappa shape index (κ1) is 19.1. The van der Waals surface area contributed by atoms with Crippen molar-refractivity contribution in [3.63, 3.8) is 0 Å². The minimum Gasteiger partial charge on any atom is -0.497 e. The molecule has 1 aromatic heterocycles. The Hall–Kier alpha value is -3.25. The first-order valence-corrected chi connectivity index (χ1v) is 10.0. The third-order valence-corrected chi connectivity index (χ3v) is 5.76. The van der Waals surface area contributed by atoms with Crippen LogP contribution in [0.3, 0.4) is 0 Å². The predicted octanol–water partition coefficient (Wildman–Crippen LogP) is 4.99. The average molecular weight is 404 g/mol. The smallest absolute Gasteiger partial charge is 0.264 e. The summed E-state index contributed by atoms with van der Waals surface area (Å²) in [5.74, 6) is 0.626. The summed E-state index contributed by atoms with van der Waals surface area (Å²) in [4.78, 5) is 17.6. The third-order valence-electron chi connectivity index (χ3n) is 4.85. The van der Waals surface area contributed by atoms with Gasteiger partial charge in [0.2, 0.25) is 0 Å². The predicted molar refractivity (Wildman–Crippen MR) is 119 cm³/mol. The molecule has 0 radical (unpaired) electrons. The number of thioether (sulfide) groups is 1.